The highest BCUT2D eigenvalue weighted by Crippen LogP contribution is 2.21. The van der Waals surface area contributed by atoms with Gasteiger partial charge in [0.15, 0.2) is 0 Å². The smallest absolute Gasteiger partial charge is 0.358 e. The number of benzene rings is 1. The molecule has 0 aliphatic rings. The van der Waals surface area contributed by atoms with Crippen molar-refractivity contribution in [2.75, 3.05) is 5.32 Å². The number of aryl methyl sites for hydroxylation is 3. The summed E-state index contributed by atoms with van der Waals surface area (Å²) in [6, 6.07) is 7.83. The van der Waals surface area contributed by atoms with Gasteiger partial charge >= 0.3 is 5.82 Å². The van der Waals surface area contributed by atoms with Gasteiger partial charge in [0.2, 0.25) is 5.91 Å². The van der Waals surface area contributed by atoms with Crippen LogP contribution in [0.2, 0.25) is 0 Å². The first-order chi connectivity index (χ1) is 13.8. The second-order valence-corrected chi connectivity index (χ2v) is 6.72. The fourth-order valence-corrected chi connectivity index (χ4v) is 3.04. The molecule has 29 heavy (non-hydrogen) atoms. The van der Waals surface area contributed by atoms with Crippen molar-refractivity contribution in [1.82, 2.24) is 19.6 Å². The molecule has 10 heteroatoms. The standard InChI is InChI=1S/C19H21FN6O3/c1-12-10-17(26(28)29)23-24(12)9-8-18(27)21-19-13(2)22-25(14(19)3)11-15-6-4-5-7-16(15)20/h4-7,10H,8-9,11H2,1-3H3,(H,21,27). The van der Waals surface area contributed by atoms with Crippen LogP contribution in [-0.2, 0) is 17.9 Å². The number of rotatable bonds is 7. The zero-order valence-corrected chi connectivity index (χ0v) is 16.3. The van der Waals surface area contributed by atoms with Crippen molar-refractivity contribution in [2.24, 2.45) is 0 Å². The summed E-state index contributed by atoms with van der Waals surface area (Å²) in [5.74, 6) is -0.822. The van der Waals surface area contributed by atoms with Gasteiger partial charge in [0.05, 0.1) is 47.0 Å². The molecule has 0 saturated heterocycles. The molecular weight excluding hydrogens is 379 g/mol. The Morgan fingerprint density at radius 3 is 2.59 bits per heavy atom. The molecule has 0 aliphatic heterocycles. The molecule has 0 aliphatic carbocycles. The number of nitrogens with one attached hydrogen (secondary N) is 1. The van der Waals surface area contributed by atoms with E-state index in [-0.39, 0.29) is 37.1 Å². The van der Waals surface area contributed by atoms with Gasteiger partial charge in [-0.3, -0.25) is 9.48 Å². The van der Waals surface area contributed by atoms with Gasteiger partial charge < -0.3 is 15.4 Å². The Hall–Kier alpha value is -3.56. The maximum absolute atomic E-state index is 13.9. The van der Waals surface area contributed by atoms with Crippen LogP contribution < -0.4 is 5.32 Å². The Morgan fingerprint density at radius 1 is 1.21 bits per heavy atom. The number of hydrogen-bond acceptors (Lipinski definition) is 5. The molecule has 1 aromatic carbocycles. The summed E-state index contributed by atoms with van der Waals surface area (Å²) in [5.41, 5.74) is 3.03. The van der Waals surface area contributed by atoms with Crippen LogP contribution in [0, 0.1) is 36.7 Å². The molecule has 9 nitrogen and oxygen atoms in total. The van der Waals surface area contributed by atoms with Crippen LogP contribution in [0.1, 0.15) is 29.1 Å². The minimum atomic E-state index is -0.569. The number of carbonyl (C=O) groups excluding carboxylic acids is 1. The third-order valence-electron chi connectivity index (χ3n) is 4.63. The summed E-state index contributed by atoms with van der Waals surface area (Å²) in [7, 11) is 0. The van der Waals surface area contributed by atoms with Gasteiger partial charge in [0.25, 0.3) is 0 Å². The van der Waals surface area contributed by atoms with Crippen molar-refractivity contribution in [3.8, 4) is 0 Å². The molecule has 1 amide bonds. The first kappa shape index (κ1) is 20.2. The van der Waals surface area contributed by atoms with Gasteiger partial charge in [-0.05, 0) is 31.8 Å². The monoisotopic (exact) mass is 400 g/mol. The van der Waals surface area contributed by atoms with E-state index in [9.17, 15) is 19.3 Å². The normalized spacial score (nSPS) is 10.9. The highest BCUT2D eigenvalue weighted by Gasteiger charge is 2.18. The predicted molar refractivity (Wildman–Crippen MR) is 104 cm³/mol. The zero-order chi connectivity index (χ0) is 21.1. The van der Waals surface area contributed by atoms with Crippen molar-refractivity contribution in [1.29, 1.82) is 0 Å². The Morgan fingerprint density at radius 2 is 1.93 bits per heavy atom. The average Bonchev–Trinajstić information content (AvgIpc) is 3.17. The van der Waals surface area contributed by atoms with E-state index in [4.69, 9.17) is 0 Å². The van der Waals surface area contributed by atoms with E-state index in [1.807, 2.05) is 0 Å². The van der Waals surface area contributed by atoms with E-state index in [1.54, 1.807) is 43.7 Å². The second kappa shape index (κ2) is 8.21. The van der Waals surface area contributed by atoms with Crippen molar-refractivity contribution in [3.05, 3.63) is 68.9 Å². The summed E-state index contributed by atoms with van der Waals surface area (Å²) < 4.78 is 17.0. The number of amides is 1. The molecule has 3 aromatic rings. The van der Waals surface area contributed by atoms with Crippen molar-refractivity contribution >= 4 is 17.4 Å². The topological polar surface area (TPSA) is 108 Å². The first-order valence-corrected chi connectivity index (χ1v) is 9.02. The first-order valence-electron chi connectivity index (χ1n) is 9.02. The van der Waals surface area contributed by atoms with E-state index in [0.717, 1.165) is 0 Å². The van der Waals surface area contributed by atoms with Crippen LogP contribution >= 0.6 is 0 Å². The summed E-state index contributed by atoms with van der Waals surface area (Å²) in [6.07, 6.45) is 0.0943. The highest BCUT2D eigenvalue weighted by molar-refractivity contribution is 5.91. The molecule has 0 fully saturated rings. The lowest BCUT2D eigenvalue weighted by Gasteiger charge is -2.08. The molecule has 0 saturated carbocycles. The summed E-state index contributed by atoms with van der Waals surface area (Å²) >= 11 is 0. The fraction of sp³-hybridized carbons (Fsp3) is 0.316. The van der Waals surface area contributed by atoms with Gasteiger partial charge in [-0.1, -0.05) is 18.2 Å². The number of nitro groups is 1. The summed E-state index contributed by atoms with van der Waals surface area (Å²) in [4.78, 5) is 22.6. The SMILES string of the molecule is Cc1nn(Cc2ccccc2F)c(C)c1NC(=O)CCn1nc([N+](=O)[O-])cc1C. The minimum absolute atomic E-state index is 0.0943. The zero-order valence-electron chi connectivity index (χ0n) is 16.3. The van der Waals surface area contributed by atoms with Crippen LogP contribution in [0.3, 0.4) is 0 Å². The van der Waals surface area contributed by atoms with Crippen molar-refractivity contribution in [3.63, 3.8) is 0 Å². The number of aromatic nitrogens is 4. The molecule has 0 atom stereocenters. The van der Waals surface area contributed by atoms with Crippen LogP contribution in [0.25, 0.3) is 0 Å². The van der Waals surface area contributed by atoms with E-state index >= 15 is 0 Å². The maximum Gasteiger partial charge on any atom is 0.390 e. The summed E-state index contributed by atoms with van der Waals surface area (Å²) in [5, 5.41) is 21.9. The molecule has 0 radical (unpaired) electrons. The minimum Gasteiger partial charge on any atom is -0.358 e. The Bertz CT molecular complexity index is 1070. The highest BCUT2D eigenvalue weighted by atomic mass is 19.1. The molecule has 1 N–H and O–H groups in total. The number of halogens is 1. The third kappa shape index (κ3) is 4.48. The van der Waals surface area contributed by atoms with Gasteiger partial charge in [0.1, 0.15) is 5.82 Å². The lowest BCUT2D eigenvalue weighted by molar-refractivity contribution is -0.389. The Labute approximate surface area is 166 Å². The Kier molecular flexibility index (Phi) is 5.71. The van der Waals surface area contributed by atoms with Gasteiger partial charge in [-0.15, -0.1) is 0 Å². The quantitative estimate of drug-likeness (QED) is 0.484. The molecule has 2 aromatic heterocycles. The van der Waals surface area contributed by atoms with Gasteiger partial charge in [0, 0.05) is 12.0 Å². The van der Waals surface area contributed by atoms with E-state index < -0.39 is 4.92 Å². The van der Waals surface area contributed by atoms with Crippen molar-refractivity contribution < 1.29 is 14.1 Å². The van der Waals surface area contributed by atoms with E-state index in [2.05, 4.69) is 15.5 Å². The number of carbonyl (C=O) groups is 1. The van der Waals surface area contributed by atoms with Gasteiger partial charge in [-0.25, -0.2) is 4.39 Å². The van der Waals surface area contributed by atoms with Crippen LogP contribution in [0.4, 0.5) is 15.9 Å². The molecule has 3 rings (SSSR count). The Balaban J connectivity index is 1.67. The number of hydrogen-bond donors (Lipinski definition) is 1. The predicted octanol–water partition coefficient (Wildman–Crippen LogP) is 3.13. The van der Waals surface area contributed by atoms with Crippen molar-refractivity contribution in [2.45, 2.75) is 40.3 Å². The van der Waals surface area contributed by atoms with Crippen LogP contribution in [0.5, 0.6) is 0 Å². The van der Waals surface area contributed by atoms with Crippen LogP contribution in [-0.4, -0.2) is 30.4 Å². The number of anilines is 1. The fourth-order valence-electron chi connectivity index (χ4n) is 3.04. The maximum atomic E-state index is 13.9. The van der Waals surface area contributed by atoms with E-state index in [1.165, 1.54) is 16.8 Å². The van der Waals surface area contributed by atoms with Crippen LogP contribution in [0.15, 0.2) is 30.3 Å². The lowest BCUT2D eigenvalue weighted by atomic mass is 10.2. The third-order valence-corrected chi connectivity index (χ3v) is 4.63. The molecule has 152 valence electrons. The lowest BCUT2D eigenvalue weighted by Crippen LogP contribution is -2.16. The average molecular weight is 400 g/mol. The largest absolute Gasteiger partial charge is 0.390 e. The van der Waals surface area contributed by atoms with Gasteiger partial charge in [-0.2, -0.15) is 9.78 Å². The molecular formula is C19H21FN6O3. The molecule has 0 bridgehead atoms. The second-order valence-electron chi connectivity index (χ2n) is 6.72. The molecule has 0 unspecified atom stereocenters. The number of nitrogens with zero attached hydrogens (tertiary/aromatic N) is 5. The molecule has 2 heterocycles. The summed E-state index contributed by atoms with van der Waals surface area (Å²) in [6.45, 7) is 5.73. The molecule has 0 spiro atoms. The van der Waals surface area contributed by atoms with E-state index in [0.29, 0.717) is 28.3 Å².